The number of nitrogens with zero attached hydrogens (tertiary/aromatic N) is 1. The minimum Gasteiger partial charge on any atom is -0.374 e. The van der Waals surface area contributed by atoms with E-state index in [0.29, 0.717) is 0 Å². The summed E-state index contributed by atoms with van der Waals surface area (Å²) in [5.74, 6) is -0.558. The van der Waals surface area contributed by atoms with Gasteiger partial charge >= 0.3 is 0 Å². The topological polar surface area (TPSA) is 55.2 Å². The molecule has 0 radical (unpaired) electrons. The molecule has 0 amide bonds. The molecule has 1 saturated carbocycles. The fourth-order valence-electron chi connectivity index (χ4n) is 2.83. The van der Waals surface area contributed by atoms with Crippen LogP contribution in [0.3, 0.4) is 0 Å². The zero-order valence-electron chi connectivity index (χ0n) is 11.3. The molecule has 1 atom stereocenters. The monoisotopic (exact) mass is 266 g/mol. The highest BCUT2D eigenvalue weighted by molar-refractivity contribution is 5.62. The lowest BCUT2D eigenvalue weighted by Crippen LogP contribution is -2.32. The van der Waals surface area contributed by atoms with Gasteiger partial charge in [-0.3, -0.25) is 10.1 Å². The first-order chi connectivity index (χ1) is 8.89. The zero-order valence-corrected chi connectivity index (χ0v) is 11.3. The highest BCUT2D eigenvalue weighted by Crippen LogP contribution is 2.38. The molecule has 0 heterocycles. The van der Waals surface area contributed by atoms with Crippen LogP contribution in [0.25, 0.3) is 0 Å². The number of halogens is 1. The molecule has 104 valence electrons. The molecule has 0 bridgehead atoms. The maximum absolute atomic E-state index is 13.8. The normalized spacial score (nSPS) is 21.9. The first-order valence-corrected chi connectivity index (χ1v) is 6.58. The number of benzene rings is 1. The van der Waals surface area contributed by atoms with Crippen LogP contribution in [-0.4, -0.2) is 11.0 Å². The van der Waals surface area contributed by atoms with Crippen LogP contribution in [0.5, 0.6) is 0 Å². The molecule has 0 aromatic heterocycles. The van der Waals surface area contributed by atoms with Crippen molar-refractivity contribution in [3.63, 3.8) is 0 Å². The Balaban J connectivity index is 2.21. The second kappa shape index (κ2) is 5.15. The molecule has 1 fully saturated rings. The molecule has 2 rings (SSSR count). The smallest absolute Gasteiger partial charge is 0.295 e. The summed E-state index contributed by atoms with van der Waals surface area (Å²) < 4.78 is 13.8. The molecule has 0 aliphatic heterocycles. The lowest BCUT2D eigenvalue weighted by atomic mass is 9.75. The van der Waals surface area contributed by atoms with Crippen molar-refractivity contribution >= 4 is 11.4 Å². The number of rotatable bonds is 3. The molecule has 0 saturated heterocycles. The Kier molecular flexibility index (Phi) is 3.73. The predicted molar refractivity (Wildman–Crippen MR) is 72.7 cm³/mol. The van der Waals surface area contributed by atoms with E-state index in [4.69, 9.17) is 0 Å². The SMILES string of the molecule is CC1(C)CCCC(Nc2c(F)cccc2[N+](=O)[O-])C1. The van der Waals surface area contributed by atoms with Gasteiger partial charge in [0.05, 0.1) is 4.92 Å². The van der Waals surface area contributed by atoms with E-state index in [9.17, 15) is 14.5 Å². The minimum absolute atomic E-state index is 0.0233. The first kappa shape index (κ1) is 13.8. The number of hydrogen-bond donors (Lipinski definition) is 1. The lowest BCUT2D eigenvalue weighted by molar-refractivity contribution is -0.384. The van der Waals surface area contributed by atoms with Crippen LogP contribution < -0.4 is 5.32 Å². The predicted octanol–water partition coefficient (Wildman–Crippen LogP) is 4.11. The Morgan fingerprint density at radius 2 is 2.21 bits per heavy atom. The van der Waals surface area contributed by atoms with E-state index in [1.807, 2.05) is 0 Å². The maximum Gasteiger partial charge on any atom is 0.295 e. The van der Waals surface area contributed by atoms with Crippen LogP contribution in [0.4, 0.5) is 15.8 Å². The quantitative estimate of drug-likeness (QED) is 0.661. The number of anilines is 1. The van der Waals surface area contributed by atoms with Crippen molar-refractivity contribution in [3.05, 3.63) is 34.1 Å². The molecular formula is C14H19FN2O2. The van der Waals surface area contributed by atoms with Gasteiger partial charge in [-0.2, -0.15) is 0 Å². The summed E-state index contributed by atoms with van der Waals surface area (Å²) in [6.07, 6.45) is 4.03. The number of nitro groups is 1. The van der Waals surface area contributed by atoms with Crippen molar-refractivity contribution in [2.24, 2.45) is 5.41 Å². The number of nitro benzene ring substituents is 1. The van der Waals surface area contributed by atoms with Gasteiger partial charge in [0.2, 0.25) is 0 Å². The second-order valence-corrected chi connectivity index (χ2v) is 5.99. The van der Waals surface area contributed by atoms with E-state index in [-0.39, 0.29) is 22.8 Å². The molecule has 1 aromatic carbocycles. The Labute approximate surface area is 112 Å². The summed E-state index contributed by atoms with van der Waals surface area (Å²) in [6.45, 7) is 4.35. The Bertz CT molecular complexity index is 488. The third-order valence-corrected chi connectivity index (χ3v) is 3.74. The fraction of sp³-hybridized carbons (Fsp3) is 0.571. The van der Waals surface area contributed by atoms with Crippen molar-refractivity contribution in [2.45, 2.75) is 45.6 Å². The molecule has 4 nitrogen and oxygen atoms in total. The van der Waals surface area contributed by atoms with Crippen molar-refractivity contribution in [3.8, 4) is 0 Å². The molecule has 1 aliphatic carbocycles. The van der Waals surface area contributed by atoms with Gasteiger partial charge in [0.15, 0.2) is 5.82 Å². The van der Waals surface area contributed by atoms with Gasteiger partial charge in [0.1, 0.15) is 5.69 Å². The average molecular weight is 266 g/mol. The van der Waals surface area contributed by atoms with Gasteiger partial charge in [0.25, 0.3) is 5.69 Å². The van der Waals surface area contributed by atoms with E-state index in [1.54, 1.807) is 0 Å². The third kappa shape index (κ3) is 3.22. The van der Waals surface area contributed by atoms with Crippen LogP contribution in [-0.2, 0) is 0 Å². The van der Waals surface area contributed by atoms with Crippen molar-refractivity contribution < 1.29 is 9.31 Å². The van der Waals surface area contributed by atoms with Crippen molar-refractivity contribution in [1.82, 2.24) is 0 Å². The molecular weight excluding hydrogens is 247 g/mol. The van der Waals surface area contributed by atoms with Crippen LogP contribution >= 0.6 is 0 Å². The van der Waals surface area contributed by atoms with Gasteiger partial charge in [-0.25, -0.2) is 4.39 Å². The Hall–Kier alpha value is -1.65. The van der Waals surface area contributed by atoms with E-state index in [1.165, 1.54) is 18.2 Å². The molecule has 1 unspecified atom stereocenters. The van der Waals surface area contributed by atoms with Gasteiger partial charge in [-0.15, -0.1) is 0 Å². The van der Waals surface area contributed by atoms with Gasteiger partial charge in [-0.1, -0.05) is 26.3 Å². The van der Waals surface area contributed by atoms with Crippen LogP contribution in [0, 0.1) is 21.3 Å². The van der Waals surface area contributed by atoms with Crippen molar-refractivity contribution in [2.75, 3.05) is 5.32 Å². The van der Waals surface area contributed by atoms with Gasteiger partial charge in [0, 0.05) is 12.1 Å². The van der Waals surface area contributed by atoms with Crippen molar-refractivity contribution in [1.29, 1.82) is 0 Å². The molecule has 1 aliphatic rings. The van der Waals surface area contributed by atoms with Crippen LogP contribution in [0.1, 0.15) is 39.5 Å². The van der Waals surface area contributed by atoms with E-state index in [2.05, 4.69) is 19.2 Å². The van der Waals surface area contributed by atoms with E-state index < -0.39 is 10.7 Å². The van der Waals surface area contributed by atoms with E-state index >= 15 is 0 Å². The summed E-state index contributed by atoms with van der Waals surface area (Å²) in [5.41, 5.74) is 0.0363. The van der Waals surface area contributed by atoms with Gasteiger partial charge in [-0.05, 0) is 30.7 Å². The summed E-state index contributed by atoms with van der Waals surface area (Å²) in [4.78, 5) is 10.4. The Morgan fingerprint density at radius 1 is 1.47 bits per heavy atom. The fourth-order valence-corrected chi connectivity index (χ4v) is 2.83. The third-order valence-electron chi connectivity index (χ3n) is 3.74. The number of para-hydroxylation sites is 1. The molecule has 5 heteroatoms. The largest absolute Gasteiger partial charge is 0.374 e. The van der Waals surface area contributed by atoms with E-state index in [0.717, 1.165) is 25.7 Å². The number of hydrogen-bond acceptors (Lipinski definition) is 3. The summed E-state index contributed by atoms with van der Waals surface area (Å²) in [6, 6.07) is 4.05. The molecule has 1 N–H and O–H groups in total. The molecule has 0 spiro atoms. The molecule has 19 heavy (non-hydrogen) atoms. The lowest BCUT2D eigenvalue weighted by Gasteiger charge is -2.35. The first-order valence-electron chi connectivity index (χ1n) is 6.58. The average Bonchev–Trinajstić information content (AvgIpc) is 2.30. The zero-order chi connectivity index (χ0) is 14.0. The maximum atomic E-state index is 13.8. The summed E-state index contributed by atoms with van der Waals surface area (Å²) >= 11 is 0. The summed E-state index contributed by atoms with van der Waals surface area (Å²) in [7, 11) is 0. The highest BCUT2D eigenvalue weighted by Gasteiger charge is 2.30. The molecule has 1 aromatic rings. The number of nitrogens with one attached hydrogen (secondary N) is 1. The standard InChI is InChI=1S/C14H19FN2O2/c1-14(2)8-4-5-10(9-14)16-13-11(15)6-3-7-12(13)17(18)19/h3,6-7,10,16H,4-5,8-9H2,1-2H3. The highest BCUT2D eigenvalue weighted by atomic mass is 19.1. The minimum atomic E-state index is -0.558. The summed E-state index contributed by atoms with van der Waals surface area (Å²) in [5, 5.41) is 14.0. The Morgan fingerprint density at radius 3 is 2.84 bits per heavy atom. The second-order valence-electron chi connectivity index (χ2n) is 5.99. The van der Waals surface area contributed by atoms with Crippen LogP contribution in [0.2, 0.25) is 0 Å². The van der Waals surface area contributed by atoms with Gasteiger partial charge < -0.3 is 5.32 Å². The van der Waals surface area contributed by atoms with Crippen LogP contribution in [0.15, 0.2) is 18.2 Å².